The van der Waals surface area contributed by atoms with Gasteiger partial charge >= 0.3 is 0 Å². The van der Waals surface area contributed by atoms with Gasteiger partial charge in [0.1, 0.15) is 11.5 Å². The maximum atomic E-state index is 12.0. The normalized spacial score (nSPS) is 20.6. The predicted octanol–water partition coefficient (Wildman–Crippen LogP) is 3.32. The minimum absolute atomic E-state index is 0.240. The Morgan fingerprint density at radius 2 is 2.10 bits per heavy atom. The zero-order valence-corrected chi connectivity index (χ0v) is 13.5. The van der Waals surface area contributed by atoms with Crippen LogP contribution in [0.2, 0.25) is 0 Å². The SMILES string of the molecule is COc1ccccc1CC(C)N(C)CC1CCCCC1=O. The Morgan fingerprint density at radius 3 is 2.81 bits per heavy atom. The molecule has 0 aromatic heterocycles. The summed E-state index contributed by atoms with van der Waals surface area (Å²) < 4.78 is 5.42. The van der Waals surface area contributed by atoms with Gasteiger partial charge in [-0.3, -0.25) is 4.79 Å². The summed E-state index contributed by atoms with van der Waals surface area (Å²) >= 11 is 0. The molecule has 21 heavy (non-hydrogen) atoms. The monoisotopic (exact) mass is 289 g/mol. The highest BCUT2D eigenvalue weighted by molar-refractivity contribution is 5.81. The topological polar surface area (TPSA) is 29.5 Å². The van der Waals surface area contributed by atoms with Gasteiger partial charge in [0.25, 0.3) is 0 Å². The summed E-state index contributed by atoms with van der Waals surface area (Å²) in [4.78, 5) is 14.3. The third-order valence-corrected chi connectivity index (χ3v) is 4.65. The van der Waals surface area contributed by atoms with E-state index >= 15 is 0 Å². The van der Waals surface area contributed by atoms with Gasteiger partial charge in [0.05, 0.1) is 7.11 Å². The van der Waals surface area contributed by atoms with E-state index < -0.39 is 0 Å². The second-order valence-electron chi connectivity index (χ2n) is 6.21. The van der Waals surface area contributed by atoms with Crippen molar-refractivity contribution in [2.24, 2.45) is 5.92 Å². The predicted molar refractivity (Wildman–Crippen MR) is 85.8 cm³/mol. The molecule has 0 radical (unpaired) electrons. The third-order valence-electron chi connectivity index (χ3n) is 4.65. The summed E-state index contributed by atoms with van der Waals surface area (Å²) in [5.41, 5.74) is 1.23. The highest BCUT2D eigenvalue weighted by Crippen LogP contribution is 2.24. The van der Waals surface area contributed by atoms with Crippen LogP contribution in [0.1, 0.15) is 38.2 Å². The fraction of sp³-hybridized carbons (Fsp3) is 0.611. The molecule has 0 aliphatic heterocycles. The molecule has 2 unspecified atom stereocenters. The second kappa shape index (κ2) is 7.60. The number of hydrogen-bond donors (Lipinski definition) is 0. The van der Waals surface area contributed by atoms with E-state index in [4.69, 9.17) is 4.74 Å². The Labute approximate surface area is 128 Å². The number of benzene rings is 1. The highest BCUT2D eigenvalue weighted by Gasteiger charge is 2.25. The molecular formula is C18H27NO2. The zero-order valence-electron chi connectivity index (χ0n) is 13.5. The lowest BCUT2D eigenvalue weighted by atomic mass is 9.87. The Bertz CT molecular complexity index is 472. The lowest BCUT2D eigenvalue weighted by Gasteiger charge is -2.30. The smallest absolute Gasteiger partial charge is 0.137 e. The molecular weight excluding hydrogens is 262 g/mol. The van der Waals surface area contributed by atoms with Crippen molar-refractivity contribution in [3.63, 3.8) is 0 Å². The van der Waals surface area contributed by atoms with Crippen molar-refractivity contribution >= 4 is 5.78 Å². The summed E-state index contributed by atoms with van der Waals surface area (Å²) in [6.45, 7) is 3.11. The summed E-state index contributed by atoms with van der Waals surface area (Å²) in [5.74, 6) is 1.65. The molecule has 2 rings (SSSR count). The molecule has 0 N–H and O–H groups in total. The number of ether oxygens (including phenoxy) is 1. The largest absolute Gasteiger partial charge is 0.496 e. The van der Waals surface area contributed by atoms with E-state index in [0.29, 0.717) is 11.8 Å². The standard InChI is InChI=1S/C18H27NO2/c1-14(12-15-8-5-7-11-18(15)21-3)19(2)13-16-9-4-6-10-17(16)20/h5,7-8,11,14,16H,4,6,9-10,12-13H2,1-3H3. The van der Waals surface area contributed by atoms with E-state index in [1.807, 2.05) is 12.1 Å². The maximum Gasteiger partial charge on any atom is 0.137 e. The van der Waals surface area contributed by atoms with Crippen molar-refractivity contribution in [3.05, 3.63) is 29.8 Å². The Morgan fingerprint density at radius 1 is 1.33 bits per heavy atom. The minimum atomic E-state index is 0.240. The quantitative estimate of drug-likeness (QED) is 0.804. The van der Waals surface area contributed by atoms with Gasteiger partial charge in [0, 0.05) is 24.9 Å². The van der Waals surface area contributed by atoms with Crippen LogP contribution < -0.4 is 4.74 Å². The molecule has 2 atom stereocenters. The van der Waals surface area contributed by atoms with E-state index in [0.717, 1.165) is 38.0 Å². The van der Waals surface area contributed by atoms with Crippen LogP contribution in [-0.4, -0.2) is 37.4 Å². The van der Waals surface area contributed by atoms with Gasteiger partial charge in [-0.25, -0.2) is 0 Å². The number of rotatable bonds is 6. The van der Waals surface area contributed by atoms with E-state index in [2.05, 4.69) is 31.0 Å². The van der Waals surface area contributed by atoms with Crippen LogP contribution >= 0.6 is 0 Å². The number of ketones is 1. The van der Waals surface area contributed by atoms with Crippen molar-refractivity contribution in [2.45, 2.75) is 45.1 Å². The molecule has 0 heterocycles. The summed E-state index contributed by atoms with van der Waals surface area (Å²) in [6.07, 6.45) is 5.06. The van der Waals surface area contributed by atoms with Gasteiger partial charge in [-0.05, 0) is 44.9 Å². The van der Waals surface area contributed by atoms with Gasteiger partial charge in [-0.15, -0.1) is 0 Å². The first-order valence-corrected chi connectivity index (χ1v) is 7.96. The Kier molecular flexibility index (Phi) is 5.80. The van der Waals surface area contributed by atoms with Crippen LogP contribution in [0.3, 0.4) is 0 Å². The number of nitrogens with zero attached hydrogens (tertiary/aromatic N) is 1. The number of para-hydroxylation sites is 1. The van der Waals surface area contributed by atoms with Crippen LogP contribution in [0.5, 0.6) is 5.75 Å². The second-order valence-corrected chi connectivity index (χ2v) is 6.21. The number of carbonyl (C=O) groups is 1. The number of hydrogen-bond acceptors (Lipinski definition) is 3. The average molecular weight is 289 g/mol. The summed E-state index contributed by atoms with van der Waals surface area (Å²) in [5, 5.41) is 0. The van der Waals surface area contributed by atoms with Crippen LogP contribution in [0.4, 0.5) is 0 Å². The van der Waals surface area contributed by atoms with Gasteiger partial charge in [0.2, 0.25) is 0 Å². The van der Waals surface area contributed by atoms with E-state index in [1.165, 1.54) is 12.0 Å². The first kappa shape index (κ1) is 16.0. The molecule has 3 heteroatoms. The van der Waals surface area contributed by atoms with Crippen molar-refractivity contribution < 1.29 is 9.53 Å². The van der Waals surface area contributed by atoms with E-state index in [-0.39, 0.29) is 5.92 Å². The lowest BCUT2D eigenvalue weighted by molar-refractivity contribution is -0.125. The molecule has 0 bridgehead atoms. The van der Waals surface area contributed by atoms with E-state index in [9.17, 15) is 4.79 Å². The van der Waals surface area contributed by atoms with E-state index in [1.54, 1.807) is 7.11 Å². The number of carbonyl (C=O) groups excluding carboxylic acids is 1. The average Bonchev–Trinajstić information content (AvgIpc) is 2.50. The van der Waals surface area contributed by atoms with Crippen molar-refractivity contribution in [1.29, 1.82) is 0 Å². The maximum absolute atomic E-state index is 12.0. The first-order valence-electron chi connectivity index (χ1n) is 7.96. The number of Topliss-reactive ketones (excluding diaryl/α,β-unsaturated/α-hetero) is 1. The first-order chi connectivity index (χ1) is 10.1. The van der Waals surface area contributed by atoms with Gasteiger partial charge in [-0.1, -0.05) is 24.6 Å². The molecule has 1 saturated carbocycles. The molecule has 1 fully saturated rings. The molecule has 0 amide bonds. The fourth-order valence-corrected chi connectivity index (χ4v) is 3.12. The molecule has 116 valence electrons. The van der Waals surface area contributed by atoms with Gasteiger partial charge in [0.15, 0.2) is 0 Å². The van der Waals surface area contributed by atoms with Crippen molar-refractivity contribution in [1.82, 2.24) is 4.90 Å². The van der Waals surface area contributed by atoms with Gasteiger partial charge < -0.3 is 9.64 Å². The molecule has 0 saturated heterocycles. The van der Waals surface area contributed by atoms with Crippen LogP contribution in [0.15, 0.2) is 24.3 Å². The van der Waals surface area contributed by atoms with Crippen LogP contribution in [0, 0.1) is 5.92 Å². The minimum Gasteiger partial charge on any atom is -0.496 e. The molecule has 1 aliphatic carbocycles. The number of likely N-dealkylation sites (N-methyl/N-ethyl adjacent to an activating group) is 1. The Hall–Kier alpha value is -1.35. The molecule has 1 aromatic carbocycles. The number of methoxy groups -OCH3 is 1. The highest BCUT2D eigenvalue weighted by atomic mass is 16.5. The fourth-order valence-electron chi connectivity index (χ4n) is 3.12. The third kappa shape index (κ3) is 4.31. The van der Waals surface area contributed by atoms with Gasteiger partial charge in [-0.2, -0.15) is 0 Å². The van der Waals surface area contributed by atoms with Crippen molar-refractivity contribution in [3.8, 4) is 5.75 Å². The molecule has 0 spiro atoms. The molecule has 1 aliphatic rings. The molecule has 1 aromatic rings. The van der Waals surface area contributed by atoms with Crippen LogP contribution in [-0.2, 0) is 11.2 Å². The van der Waals surface area contributed by atoms with Crippen molar-refractivity contribution in [2.75, 3.05) is 20.7 Å². The zero-order chi connectivity index (χ0) is 15.2. The summed E-state index contributed by atoms with van der Waals surface area (Å²) in [7, 11) is 3.84. The Balaban J connectivity index is 1.92. The summed E-state index contributed by atoms with van der Waals surface area (Å²) in [6, 6.07) is 8.57. The lowest BCUT2D eigenvalue weighted by Crippen LogP contribution is -2.38. The molecule has 3 nitrogen and oxygen atoms in total. The van der Waals surface area contributed by atoms with Crippen LogP contribution in [0.25, 0.3) is 0 Å².